The Kier molecular flexibility index (Phi) is 5.56. The van der Waals surface area contributed by atoms with E-state index < -0.39 is 0 Å². The second-order valence-corrected chi connectivity index (χ2v) is 7.03. The molecule has 4 rings (SSSR count). The Morgan fingerprint density at radius 1 is 0.828 bits per heavy atom. The zero-order chi connectivity index (χ0) is 20.1. The van der Waals surface area contributed by atoms with Crippen molar-refractivity contribution in [3.05, 3.63) is 89.7 Å². The van der Waals surface area contributed by atoms with Gasteiger partial charge in [0.2, 0.25) is 0 Å². The molecule has 0 spiro atoms. The van der Waals surface area contributed by atoms with Gasteiger partial charge in [0.25, 0.3) is 0 Å². The summed E-state index contributed by atoms with van der Waals surface area (Å²) in [5, 5.41) is 5.72. The van der Waals surface area contributed by atoms with Crippen LogP contribution >= 0.6 is 0 Å². The fourth-order valence-corrected chi connectivity index (χ4v) is 3.26. The average molecular weight is 384 g/mol. The number of aromatic nitrogens is 2. The SMILES string of the molecule is CCc1ccc(NC(=O)Nc2ccc(CCc3nc4ccccc4[nH]3)cc2)cc1. The first-order valence-corrected chi connectivity index (χ1v) is 9.89. The van der Waals surface area contributed by atoms with Crippen LogP contribution in [-0.2, 0) is 19.3 Å². The van der Waals surface area contributed by atoms with Crippen LogP contribution in [-0.4, -0.2) is 16.0 Å². The van der Waals surface area contributed by atoms with Gasteiger partial charge in [-0.05, 0) is 60.4 Å². The van der Waals surface area contributed by atoms with E-state index in [4.69, 9.17) is 0 Å². The number of anilines is 2. The molecule has 0 aliphatic rings. The van der Waals surface area contributed by atoms with Crippen LogP contribution in [0.2, 0.25) is 0 Å². The van der Waals surface area contributed by atoms with Crippen molar-refractivity contribution in [2.45, 2.75) is 26.2 Å². The quantitative estimate of drug-likeness (QED) is 0.408. The minimum Gasteiger partial charge on any atom is -0.342 e. The predicted octanol–water partition coefficient (Wildman–Crippen LogP) is 5.55. The molecule has 1 aromatic heterocycles. The summed E-state index contributed by atoms with van der Waals surface area (Å²) in [5.74, 6) is 0.988. The lowest BCUT2D eigenvalue weighted by atomic mass is 10.1. The second kappa shape index (κ2) is 8.61. The fourth-order valence-electron chi connectivity index (χ4n) is 3.26. The maximum absolute atomic E-state index is 12.2. The van der Waals surface area contributed by atoms with E-state index in [1.165, 1.54) is 11.1 Å². The van der Waals surface area contributed by atoms with Crippen LogP contribution in [0.4, 0.5) is 16.2 Å². The molecule has 146 valence electrons. The summed E-state index contributed by atoms with van der Waals surface area (Å²) >= 11 is 0. The number of nitrogens with one attached hydrogen (secondary N) is 3. The molecule has 0 bridgehead atoms. The van der Waals surface area contributed by atoms with Gasteiger partial charge in [0, 0.05) is 17.8 Å². The number of urea groups is 1. The molecule has 0 atom stereocenters. The summed E-state index contributed by atoms with van der Waals surface area (Å²) in [4.78, 5) is 20.2. The smallest absolute Gasteiger partial charge is 0.323 e. The predicted molar refractivity (Wildman–Crippen MR) is 118 cm³/mol. The van der Waals surface area contributed by atoms with Gasteiger partial charge in [-0.25, -0.2) is 9.78 Å². The molecule has 0 saturated heterocycles. The van der Waals surface area contributed by atoms with Crippen molar-refractivity contribution >= 4 is 28.4 Å². The summed E-state index contributed by atoms with van der Waals surface area (Å²) in [6.45, 7) is 2.11. The Morgan fingerprint density at radius 2 is 1.45 bits per heavy atom. The average Bonchev–Trinajstić information content (AvgIpc) is 3.17. The number of amides is 2. The van der Waals surface area contributed by atoms with Crippen LogP contribution in [0, 0.1) is 0 Å². The number of aryl methyl sites for hydroxylation is 3. The number of H-pyrrole nitrogens is 1. The Bertz CT molecular complexity index is 1060. The molecule has 3 aromatic carbocycles. The first-order valence-electron chi connectivity index (χ1n) is 9.89. The lowest BCUT2D eigenvalue weighted by Gasteiger charge is -2.09. The Hall–Kier alpha value is -3.60. The molecular formula is C24H24N4O. The van der Waals surface area contributed by atoms with Crippen molar-refractivity contribution in [1.82, 2.24) is 9.97 Å². The van der Waals surface area contributed by atoms with Crippen molar-refractivity contribution in [2.75, 3.05) is 10.6 Å². The maximum atomic E-state index is 12.2. The number of hydrogen-bond acceptors (Lipinski definition) is 2. The molecular weight excluding hydrogens is 360 g/mol. The Labute approximate surface area is 170 Å². The van der Waals surface area contributed by atoms with E-state index in [1.807, 2.05) is 72.8 Å². The third-order valence-electron chi connectivity index (χ3n) is 4.92. The highest BCUT2D eigenvalue weighted by atomic mass is 16.2. The zero-order valence-corrected chi connectivity index (χ0v) is 16.4. The zero-order valence-electron chi connectivity index (χ0n) is 16.4. The maximum Gasteiger partial charge on any atom is 0.323 e. The van der Waals surface area contributed by atoms with Crippen LogP contribution < -0.4 is 10.6 Å². The lowest BCUT2D eigenvalue weighted by Crippen LogP contribution is -2.19. The van der Waals surface area contributed by atoms with E-state index >= 15 is 0 Å². The highest BCUT2D eigenvalue weighted by Gasteiger charge is 2.05. The molecule has 4 aromatic rings. The number of carbonyl (C=O) groups is 1. The molecule has 5 heteroatoms. The van der Waals surface area contributed by atoms with Gasteiger partial charge in [0.1, 0.15) is 5.82 Å². The molecule has 1 heterocycles. The highest BCUT2D eigenvalue weighted by Crippen LogP contribution is 2.15. The Morgan fingerprint density at radius 3 is 2.07 bits per heavy atom. The number of carbonyl (C=O) groups excluding carboxylic acids is 1. The minimum atomic E-state index is -0.246. The molecule has 0 radical (unpaired) electrons. The van der Waals surface area contributed by atoms with Gasteiger partial charge in [-0.1, -0.05) is 43.3 Å². The van der Waals surface area contributed by atoms with Gasteiger partial charge < -0.3 is 15.6 Å². The number of hydrogen-bond donors (Lipinski definition) is 3. The van der Waals surface area contributed by atoms with Gasteiger partial charge in [0.15, 0.2) is 0 Å². The third-order valence-corrected chi connectivity index (χ3v) is 4.92. The number of imidazole rings is 1. The standard InChI is InChI=1S/C24H24N4O/c1-2-17-7-12-19(13-8-17)25-24(29)26-20-14-9-18(10-15-20)11-16-23-27-21-5-3-4-6-22(21)28-23/h3-10,12-15H,2,11,16H2,1H3,(H,27,28)(H2,25,26,29). The molecule has 0 fully saturated rings. The van der Waals surface area contributed by atoms with Gasteiger partial charge in [0.05, 0.1) is 11.0 Å². The summed E-state index contributed by atoms with van der Waals surface area (Å²) < 4.78 is 0. The lowest BCUT2D eigenvalue weighted by molar-refractivity contribution is 0.262. The number of rotatable bonds is 6. The summed E-state index contributed by atoms with van der Waals surface area (Å²) in [7, 11) is 0. The first kappa shape index (κ1) is 18.7. The van der Waals surface area contributed by atoms with Crippen LogP contribution in [0.3, 0.4) is 0 Å². The molecule has 0 unspecified atom stereocenters. The van der Waals surface area contributed by atoms with Gasteiger partial charge in [-0.2, -0.15) is 0 Å². The summed E-state index contributed by atoms with van der Waals surface area (Å²) in [5.41, 5.74) is 6.05. The Balaban J connectivity index is 1.30. The number of para-hydroxylation sites is 2. The first-order chi connectivity index (χ1) is 14.2. The molecule has 29 heavy (non-hydrogen) atoms. The van der Waals surface area contributed by atoms with Crippen molar-refractivity contribution in [1.29, 1.82) is 0 Å². The topological polar surface area (TPSA) is 69.8 Å². The van der Waals surface area contributed by atoms with Gasteiger partial charge >= 0.3 is 6.03 Å². The van der Waals surface area contributed by atoms with Gasteiger partial charge in [-0.15, -0.1) is 0 Å². The number of benzene rings is 3. The van der Waals surface area contributed by atoms with Crippen LogP contribution in [0.15, 0.2) is 72.8 Å². The van der Waals surface area contributed by atoms with Gasteiger partial charge in [-0.3, -0.25) is 0 Å². The second-order valence-electron chi connectivity index (χ2n) is 7.03. The number of aromatic amines is 1. The summed E-state index contributed by atoms with van der Waals surface area (Å²) in [6, 6.07) is 23.6. The molecule has 5 nitrogen and oxygen atoms in total. The third kappa shape index (κ3) is 4.82. The largest absolute Gasteiger partial charge is 0.342 e. The van der Waals surface area contributed by atoms with Crippen molar-refractivity contribution < 1.29 is 4.79 Å². The van der Waals surface area contributed by atoms with E-state index in [-0.39, 0.29) is 6.03 Å². The van der Waals surface area contributed by atoms with E-state index in [2.05, 4.69) is 27.5 Å². The summed E-state index contributed by atoms with van der Waals surface area (Å²) in [6.07, 6.45) is 2.71. The minimum absolute atomic E-state index is 0.246. The molecule has 0 aliphatic heterocycles. The van der Waals surface area contributed by atoms with Crippen molar-refractivity contribution in [3.8, 4) is 0 Å². The molecule has 3 N–H and O–H groups in total. The van der Waals surface area contributed by atoms with Crippen LogP contribution in [0.1, 0.15) is 23.9 Å². The molecule has 2 amide bonds. The van der Waals surface area contributed by atoms with E-state index in [1.54, 1.807) is 0 Å². The van der Waals surface area contributed by atoms with E-state index in [9.17, 15) is 4.79 Å². The van der Waals surface area contributed by atoms with Crippen molar-refractivity contribution in [2.24, 2.45) is 0 Å². The van der Waals surface area contributed by atoms with Crippen LogP contribution in [0.25, 0.3) is 11.0 Å². The van der Waals surface area contributed by atoms with E-state index in [0.29, 0.717) is 0 Å². The highest BCUT2D eigenvalue weighted by molar-refractivity contribution is 5.99. The van der Waals surface area contributed by atoms with Crippen LogP contribution in [0.5, 0.6) is 0 Å². The van der Waals surface area contributed by atoms with E-state index in [0.717, 1.165) is 47.5 Å². The normalized spacial score (nSPS) is 10.8. The van der Waals surface area contributed by atoms with Crippen molar-refractivity contribution in [3.63, 3.8) is 0 Å². The fraction of sp³-hybridized carbons (Fsp3) is 0.167. The molecule has 0 saturated carbocycles. The molecule has 0 aliphatic carbocycles. The monoisotopic (exact) mass is 384 g/mol. The number of fused-ring (bicyclic) bond motifs is 1. The number of nitrogens with zero attached hydrogens (tertiary/aromatic N) is 1.